The summed E-state index contributed by atoms with van der Waals surface area (Å²) in [7, 11) is 0. The fourth-order valence-electron chi connectivity index (χ4n) is 2.45. The molecule has 1 fully saturated rings. The first-order valence-corrected chi connectivity index (χ1v) is 7.13. The highest BCUT2D eigenvalue weighted by molar-refractivity contribution is 7.13. The molecule has 0 bridgehead atoms. The zero-order valence-electron chi connectivity index (χ0n) is 10.5. The summed E-state index contributed by atoms with van der Waals surface area (Å²) in [5, 5.41) is 14.7. The third kappa shape index (κ3) is 3.28. The largest absolute Gasteiger partial charge is 0.395 e. The number of carbonyl (C=O) groups excluding carboxylic acids is 1. The predicted molar refractivity (Wildman–Crippen MR) is 71.6 cm³/mol. The van der Waals surface area contributed by atoms with E-state index in [1.807, 2.05) is 5.38 Å². The number of piperidine rings is 1. The number of carbonyl (C=O) groups is 1. The van der Waals surface area contributed by atoms with Crippen LogP contribution in [-0.4, -0.2) is 46.6 Å². The first-order chi connectivity index (χ1) is 8.70. The number of rotatable bonds is 4. The van der Waals surface area contributed by atoms with Crippen molar-refractivity contribution in [1.82, 2.24) is 9.88 Å². The molecule has 0 saturated carbocycles. The molecule has 1 amide bonds. The number of likely N-dealkylation sites (tertiary alicyclic amines) is 1. The summed E-state index contributed by atoms with van der Waals surface area (Å²) < 4.78 is 0. The first-order valence-electron chi connectivity index (χ1n) is 6.25. The second-order valence-corrected chi connectivity index (χ2v) is 5.62. The monoisotopic (exact) mass is 269 g/mol. The zero-order chi connectivity index (χ0) is 13.0. The van der Waals surface area contributed by atoms with Crippen LogP contribution in [0.15, 0.2) is 11.6 Å². The molecular formula is C12H19N3O2S. The van der Waals surface area contributed by atoms with Gasteiger partial charge in [-0.25, -0.2) is 4.98 Å². The van der Waals surface area contributed by atoms with E-state index in [-0.39, 0.29) is 18.6 Å². The molecule has 1 aliphatic rings. The van der Waals surface area contributed by atoms with E-state index in [0.717, 1.165) is 19.4 Å². The Morgan fingerprint density at radius 3 is 3.22 bits per heavy atom. The number of aromatic nitrogens is 1. The summed E-state index contributed by atoms with van der Waals surface area (Å²) >= 11 is 1.41. The molecule has 1 aliphatic heterocycles. The highest BCUT2D eigenvalue weighted by Gasteiger charge is 2.29. The second kappa shape index (κ2) is 6.26. The molecule has 0 spiro atoms. The van der Waals surface area contributed by atoms with Crippen LogP contribution in [-0.2, 0) is 4.79 Å². The minimum atomic E-state index is -0.0579. The SMILES string of the molecule is CC1CCCN(CC(=O)Nc2nccs2)C1CO. The maximum absolute atomic E-state index is 11.9. The number of aliphatic hydroxyl groups is 1. The van der Waals surface area contributed by atoms with E-state index >= 15 is 0 Å². The summed E-state index contributed by atoms with van der Waals surface area (Å²) in [6.07, 6.45) is 3.87. The molecule has 5 nitrogen and oxygen atoms in total. The maximum atomic E-state index is 11.9. The molecule has 2 heterocycles. The Morgan fingerprint density at radius 1 is 1.72 bits per heavy atom. The van der Waals surface area contributed by atoms with Crippen LogP contribution in [0.2, 0.25) is 0 Å². The summed E-state index contributed by atoms with van der Waals surface area (Å²) in [5.74, 6) is 0.383. The van der Waals surface area contributed by atoms with E-state index in [1.165, 1.54) is 11.3 Å². The number of nitrogens with one attached hydrogen (secondary N) is 1. The van der Waals surface area contributed by atoms with Crippen LogP contribution in [0.25, 0.3) is 0 Å². The lowest BCUT2D eigenvalue weighted by Gasteiger charge is -2.38. The van der Waals surface area contributed by atoms with Gasteiger partial charge in [-0.05, 0) is 25.3 Å². The number of thiazole rings is 1. The van der Waals surface area contributed by atoms with Crippen molar-refractivity contribution in [1.29, 1.82) is 0 Å². The summed E-state index contributed by atoms with van der Waals surface area (Å²) in [6, 6.07) is 0.0980. The molecule has 0 aliphatic carbocycles. The zero-order valence-corrected chi connectivity index (χ0v) is 11.3. The van der Waals surface area contributed by atoms with Crippen molar-refractivity contribution < 1.29 is 9.90 Å². The lowest BCUT2D eigenvalue weighted by Crippen LogP contribution is -2.49. The van der Waals surface area contributed by atoms with Gasteiger partial charge in [0.2, 0.25) is 5.91 Å². The molecule has 1 aromatic rings. The third-order valence-corrected chi connectivity index (χ3v) is 4.13. The molecule has 1 saturated heterocycles. The van der Waals surface area contributed by atoms with E-state index in [0.29, 0.717) is 17.6 Å². The van der Waals surface area contributed by atoms with E-state index < -0.39 is 0 Å². The van der Waals surface area contributed by atoms with Gasteiger partial charge in [-0.2, -0.15) is 0 Å². The number of amides is 1. The number of anilines is 1. The van der Waals surface area contributed by atoms with Crippen molar-refractivity contribution in [2.75, 3.05) is 25.0 Å². The normalized spacial score (nSPS) is 25.0. The van der Waals surface area contributed by atoms with Crippen LogP contribution in [0.4, 0.5) is 5.13 Å². The smallest absolute Gasteiger partial charge is 0.240 e. The van der Waals surface area contributed by atoms with Crippen molar-refractivity contribution in [2.45, 2.75) is 25.8 Å². The molecule has 2 unspecified atom stereocenters. The fraction of sp³-hybridized carbons (Fsp3) is 0.667. The molecular weight excluding hydrogens is 250 g/mol. The van der Waals surface area contributed by atoms with Gasteiger partial charge in [-0.1, -0.05) is 6.92 Å². The average Bonchev–Trinajstić information content (AvgIpc) is 2.82. The van der Waals surface area contributed by atoms with Gasteiger partial charge in [0.15, 0.2) is 5.13 Å². The van der Waals surface area contributed by atoms with E-state index in [1.54, 1.807) is 6.20 Å². The highest BCUT2D eigenvalue weighted by atomic mass is 32.1. The maximum Gasteiger partial charge on any atom is 0.240 e. The minimum Gasteiger partial charge on any atom is -0.395 e. The lowest BCUT2D eigenvalue weighted by molar-refractivity contribution is -0.118. The first kappa shape index (κ1) is 13.5. The highest BCUT2D eigenvalue weighted by Crippen LogP contribution is 2.22. The fourth-order valence-corrected chi connectivity index (χ4v) is 3.00. The topological polar surface area (TPSA) is 65.5 Å². The van der Waals surface area contributed by atoms with Crippen LogP contribution in [0.5, 0.6) is 0 Å². The Labute approximate surface area is 111 Å². The van der Waals surface area contributed by atoms with E-state index in [9.17, 15) is 9.90 Å². The van der Waals surface area contributed by atoms with Gasteiger partial charge in [0.05, 0.1) is 13.2 Å². The van der Waals surface area contributed by atoms with Crippen molar-refractivity contribution >= 4 is 22.4 Å². The van der Waals surface area contributed by atoms with Gasteiger partial charge < -0.3 is 10.4 Å². The van der Waals surface area contributed by atoms with Gasteiger partial charge in [-0.15, -0.1) is 11.3 Å². The Balaban J connectivity index is 1.89. The summed E-state index contributed by atoms with van der Waals surface area (Å²) in [6.45, 7) is 3.45. The average molecular weight is 269 g/mol. The van der Waals surface area contributed by atoms with E-state index in [4.69, 9.17) is 0 Å². The molecule has 6 heteroatoms. The van der Waals surface area contributed by atoms with Crippen LogP contribution in [0.1, 0.15) is 19.8 Å². The van der Waals surface area contributed by atoms with Crippen molar-refractivity contribution in [3.05, 3.63) is 11.6 Å². The van der Waals surface area contributed by atoms with Gasteiger partial charge in [0.25, 0.3) is 0 Å². The molecule has 2 atom stereocenters. The van der Waals surface area contributed by atoms with Crippen molar-refractivity contribution in [3.63, 3.8) is 0 Å². The van der Waals surface area contributed by atoms with Crippen LogP contribution < -0.4 is 5.32 Å². The molecule has 2 N–H and O–H groups in total. The molecule has 2 rings (SSSR count). The standard InChI is InChI=1S/C12H19N3O2S/c1-9-3-2-5-15(10(9)8-16)7-11(17)14-12-13-4-6-18-12/h4,6,9-10,16H,2-3,5,7-8H2,1H3,(H,13,14,17). The molecule has 18 heavy (non-hydrogen) atoms. The number of hydrogen-bond donors (Lipinski definition) is 2. The van der Waals surface area contributed by atoms with Gasteiger partial charge in [0.1, 0.15) is 0 Å². The van der Waals surface area contributed by atoms with Crippen molar-refractivity contribution in [3.8, 4) is 0 Å². The number of nitrogens with zero attached hydrogens (tertiary/aromatic N) is 2. The second-order valence-electron chi connectivity index (χ2n) is 4.73. The van der Waals surface area contributed by atoms with Crippen molar-refractivity contribution in [2.24, 2.45) is 5.92 Å². The van der Waals surface area contributed by atoms with Gasteiger partial charge in [0, 0.05) is 17.6 Å². The van der Waals surface area contributed by atoms with Crippen LogP contribution >= 0.6 is 11.3 Å². The molecule has 0 aromatic carbocycles. The quantitative estimate of drug-likeness (QED) is 0.861. The molecule has 1 aromatic heterocycles. The predicted octanol–water partition coefficient (Wildman–Crippen LogP) is 1.17. The Hall–Kier alpha value is -0.980. The van der Waals surface area contributed by atoms with Crippen LogP contribution in [0, 0.1) is 5.92 Å². The molecule has 0 radical (unpaired) electrons. The number of aliphatic hydroxyl groups excluding tert-OH is 1. The Kier molecular flexibility index (Phi) is 4.68. The lowest BCUT2D eigenvalue weighted by atomic mass is 9.91. The summed E-state index contributed by atoms with van der Waals surface area (Å²) in [5.41, 5.74) is 0. The minimum absolute atomic E-state index is 0.0579. The summed E-state index contributed by atoms with van der Waals surface area (Å²) in [4.78, 5) is 18.0. The van der Waals surface area contributed by atoms with E-state index in [2.05, 4.69) is 22.1 Å². The van der Waals surface area contributed by atoms with Gasteiger partial charge >= 0.3 is 0 Å². The molecule has 100 valence electrons. The van der Waals surface area contributed by atoms with Gasteiger partial charge in [-0.3, -0.25) is 9.69 Å². The third-order valence-electron chi connectivity index (χ3n) is 3.44. The number of hydrogen-bond acceptors (Lipinski definition) is 5. The van der Waals surface area contributed by atoms with Crippen LogP contribution in [0.3, 0.4) is 0 Å². The Bertz CT molecular complexity index is 383. The Morgan fingerprint density at radius 2 is 2.56 bits per heavy atom.